The summed E-state index contributed by atoms with van der Waals surface area (Å²) in [4.78, 5) is 17.3. The number of ether oxygens (including phenoxy) is 1. The quantitative estimate of drug-likeness (QED) is 0.407. The Morgan fingerprint density at radius 2 is 2.31 bits per heavy atom. The van der Waals surface area contributed by atoms with Crippen molar-refractivity contribution in [2.45, 2.75) is 20.3 Å². The van der Waals surface area contributed by atoms with E-state index in [0.717, 1.165) is 56.9 Å². The molecule has 0 aliphatic carbocycles. The minimum absolute atomic E-state index is 0.173. The van der Waals surface area contributed by atoms with Crippen LogP contribution in [0.15, 0.2) is 65.6 Å². The molecule has 0 saturated heterocycles. The van der Waals surface area contributed by atoms with Crippen LogP contribution in [-0.4, -0.2) is 40.8 Å². The average Bonchev–Trinajstić information content (AvgIpc) is 3.23. The van der Waals surface area contributed by atoms with Crippen molar-refractivity contribution < 1.29 is 9.57 Å². The first kappa shape index (κ1) is 19.4. The van der Waals surface area contributed by atoms with Crippen LogP contribution < -0.4 is 0 Å². The molecule has 0 amide bonds. The summed E-state index contributed by atoms with van der Waals surface area (Å²) in [6.07, 6.45) is 8.00. The summed E-state index contributed by atoms with van der Waals surface area (Å²) in [5, 5.41) is 5.29. The molecule has 0 bridgehead atoms. The molecule has 4 heterocycles. The SMILES string of the molecule is C=CCON=C1CCN(C)C2=C1C(C)C(C)=C(c1cnc(-c3cccnc3)s1)O2. The van der Waals surface area contributed by atoms with Gasteiger partial charge in [0.25, 0.3) is 0 Å². The third kappa shape index (κ3) is 3.70. The first-order valence-electron chi connectivity index (χ1n) is 9.60. The summed E-state index contributed by atoms with van der Waals surface area (Å²) in [7, 11) is 2.05. The van der Waals surface area contributed by atoms with Crippen molar-refractivity contribution in [2.75, 3.05) is 20.2 Å². The Labute approximate surface area is 174 Å². The van der Waals surface area contributed by atoms with Crippen LogP contribution >= 0.6 is 11.3 Å². The molecular formula is C22H24N4O2S. The van der Waals surface area contributed by atoms with Gasteiger partial charge in [-0.05, 0) is 24.6 Å². The Balaban J connectivity index is 1.67. The van der Waals surface area contributed by atoms with Gasteiger partial charge in [0.15, 0.2) is 0 Å². The smallest absolute Gasteiger partial charge is 0.201 e. The van der Waals surface area contributed by atoms with Gasteiger partial charge in [-0.25, -0.2) is 4.98 Å². The Bertz CT molecular complexity index is 1010. The molecule has 1 unspecified atom stereocenters. The molecule has 2 aromatic rings. The number of pyridine rings is 1. The Hall–Kier alpha value is -2.93. The first-order valence-corrected chi connectivity index (χ1v) is 10.4. The van der Waals surface area contributed by atoms with E-state index in [1.54, 1.807) is 23.6 Å². The highest BCUT2D eigenvalue weighted by Crippen LogP contribution is 2.43. The molecule has 0 fully saturated rings. The van der Waals surface area contributed by atoms with Crippen molar-refractivity contribution in [3.63, 3.8) is 0 Å². The summed E-state index contributed by atoms with van der Waals surface area (Å²) in [5.41, 5.74) is 4.22. The van der Waals surface area contributed by atoms with Crippen molar-refractivity contribution in [3.8, 4) is 10.6 Å². The molecule has 1 atom stereocenters. The van der Waals surface area contributed by atoms with Crippen LogP contribution in [0.3, 0.4) is 0 Å². The van der Waals surface area contributed by atoms with Crippen molar-refractivity contribution in [3.05, 3.63) is 65.3 Å². The van der Waals surface area contributed by atoms with E-state index in [9.17, 15) is 0 Å². The van der Waals surface area contributed by atoms with E-state index < -0.39 is 0 Å². The highest BCUT2D eigenvalue weighted by Gasteiger charge is 2.35. The van der Waals surface area contributed by atoms with E-state index in [1.807, 2.05) is 24.5 Å². The molecule has 7 heteroatoms. The summed E-state index contributed by atoms with van der Waals surface area (Å²) in [6.45, 7) is 9.21. The number of hydrogen-bond donors (Lipinski definition) is 0. The van der Waals surface area contributed by atoms with Crippen LogP contribution in [0.4, 0.5) is 0 Å². The van der Waals surface area contributed by atoms with Gasteiger partial charge in [-0.3, -0.25) is 4.98 Å². The first-order chi connectivity index (χ1) is 14.1. The molecule has 2 aliphatic rings. The third-order valence-electron chi connectivity index (χ3n) is 5.22. The van der Waals surface area contributed by atoms with Crippen LogP contribution in [0.25, 0.3) is 16.3 Å². The standard InChI is InChI=1S/C22H24N4O2S/c1-5-11-27-25-17-8-10-26(4)22-19(17)14(2)15(3)20(28-22)18-13-24-21(29-18)16-7-6-9-23-12-16/h5-7,9,12-14H,1,8,10-11H2,2-4H3. The summed E-state index contributed by atoms with van der Waals surface area (Å²) >= 11 is 1.62. The Morgan fingerprint density at radius 3 is 3.07 bits per heavy atom. The highest BCUT2D eigenvalue weighted by molar-refractivity contribution is 7.16. The highest BCUT2D eigenvalue weighted by atomic mass is 32.1. The second-order valence-corrected chi connectivity index (χ2v) is 8.15. The Kier molecular flexibility index (Phi) is 5.49. The van der Waals surface area contributed by atoms with Crippen LogP contribution in [0, 0.1) is 5.92 Å². The van der Waals surface area contributed by atoms with Crippen LogP contribution in [0.5, 0.6) is 0 Å². The normalized spacial score (nSPS) is 20.6. The number of nitrogens with zero attached hydrogens (tertiary/aromatic N) is 4. The lowest BCUT2D eigenvalue weighted by atomic mass is 9.85. The number of thiazole rings is 1. The van der Waals surface area contributed by atoms with Gasteiger partial charge in [-0.2, -0.15) is 0 Å². The fourth-order valence-electron chi connectivity index (χ4n) is 3.51. The maximum Gasteiger partial charge on any atom is 0.201 e. The predicted octanol–water partition coefficient (Wildman–Crippen LogP) is 4.71. The molecule has 0 aromatic carbocycles. The molecule has 0 spiro atoms. The summed E-state index contributed by atoms with van der Waals surface area (Å²) in [5.74, 6) is 1.90. The second-order valence-electron chi connectivity index (χ2n) is 7.12. The van der Waals surface area contributed by atoms with E-state index in [1.165, 1.54) is 0 Å². The van der Waals surface area contributed by atoms with Crippen molar-refractivity contribution in [1.82, 2.24) is 14.9 Å². The number of oxime groups is 1. The minimum Gasteiger partial charge on any atom is -0.439 e. The molecule has 29 heavy (non-hydrogen) atoms. The van der Waals surface area contributed by atoms with Gasteiger partial charge < -0.3 is 14.5 Å². The van der Waals surface area contributed by atoms with Gasteiger partial charge >= 0.3 is 0 Å². The van der Waals surface area contributed by atoms with Gasteiger partial charge in [0.1, 0.15) is 17.4 Å². The van der Waals surface area contributed by atoms with Crippen LogP contribution in [0.1, 0.15) is 25.1 Å². The summed E-state index contributed by atoms with van der Waals surface area (Å²) < 4.78 is 6.44. The van der Waals surface area contributed by atoms with Crippen molar-refractivity contribution in [2.24, 2.45) is 11.1 Å². The zero-order chi connectivity index (χ0) is 20.4. The van der Waals surface area contributed by atoms with E-state index >= 15 is 0 Å². The zero-order valence-corrected chi connectivity index (χ0v) is 17.7. The van der Waals surface area contributed by atoms with E-state index in [0.29, 0.717) is 6.61 Å². The molecule has 4 rings (SSSR count). The molecule has 150 valence electrons. The lowest BCUT2D eigenvalue weighted by molar-refractivity contribution is 0.168. The van der Waals surface area contributed by atoms with Gasteiger partial charge in [0, 0.05) is 55.7 Å². The maximum absolute atomic E-state index is 6.44. The van der Waals surface area contributed by atoms with Gasteiger partial charge in [0.05, 0.1) is 10.6 Å². The van der Waals surface area contributed by atoms with Crippen LogP contribution in [0.2, 0.25) is 0 Å². The number of allylic oxidation sites excluding steroid dienone is 2. The lowest BCUT2D eigenvalue weighted by Crippen LogP contribution is -2.36. The van der Waals surface area contributed by atoms with Gasteiger partial charge in [-0.1, -0.05) is 24.7 Å². The number of rotatable bonds is 5. The molecular weight excluding hydrogens is 384 g/mol. The fourth-order valence-corrected chi connectivity index (χ4v) is 4.46. The van der Waals surface area contributed by atoms with Gasteiger partial charge in [0.2, 0.25) is 5.88 Å². The van der Waals surface area contributed by atoms with E-state index in [-0.39, 0.29) is 5.92 Å². The largest absolute Gasteiger partial charge is 0.439 e. The molecule has 6 nitrogen and oxygen atoms in total. The molecule has 0 saturated carbocycles. The van der Waals surface area contributed by atoms with E-state index in [2.05, 4.69) is 47.5 Å². The maximum atomic E-state index is 6.44. The van der Waals surface area contributed by atoms with Crippen molar-refractivity contribution >= 4 is 22.8 Å². The summed E-state index contributed by atoms with van der Waals surface area (Å²) in [6, 6.07) is 3.94. The lowest BCUT2D eigenvalue weighted by Gasteiger charge is -2.37. The zero-order valence-electron chi connectivity index (χ0n) is 16.9. The van der Waals surface area contributed by atoms with Gasteiger partial charge in [-0.15, -0.1) is 11.3 Å². The second kappa shape index (κ2) is 8.21. The number of aromatic nitrogens is 2. The number of hydrogen-bond acceptors (Lipinski definition) is 7. The molecule has 0 N–H and O–H groups in total. The minimum atomic E-state index is 0.173. The predicted molar refractivity (Wildman–Crippen MR) is 116 cm³/mol. The van der Waals surface area contributed by atoms with E-state index in [4.69, 9.17) is 9.57 Å². The molecule has 2 aliphatic heterocycles. The molecule has 2 aromatic heterocycles. The molecule has 0 radical (unpaired) electrons. The van der Waals surface area contributed by atoms with Crippen molar-refractivity contribution in [1.29, 1.82) is 0 Å². The third-order valence-corrected chi connectivity index (χ3v) is 6.26. The Morgan fingerprint density at radius 1 is 1.45 bits per heavy atom. The van der Waals surface area contributed by atoms with Crippen LogP contribution in [-0.2, 0) is 9.57 Å². The topological polar surface area (TPSA) is 59.8 Å². The fraction of sp³-hybridized carbons (Fsp3) is 0.318. The monoisotopic (exact) mass is 408 g/mol. The average molecular weight is 409 g/mol.